The minimum Gasteiger partial charge on any atom is -0.493 e. The summed E-state index contributed by atoms with van der Waals surface area (Å²) in [4.78, 5) is 4.57. The molecule has 1 aliphatic carbocycles. The molecule has 0 unspecified atom stereocenters. The molecule has 1 aliphatic rings. The lowest BCUT2D eigenvalue weighted by molar-refractivity contribution is 0.0609. The molecule has 0 aromatic heterocycles. The van der Waals surface area contributed by atoms with Crippen molar-refractivity contribution in [3.05, 3.63) is 23.8 Å². The molecule has 3 N–H and O–H groups in total. The number of ether oxygens (including phenoxy) is 3. The second kappa shape index (κ2) is 12.3. The Kier molecular flexibility index (Phi) is 10.8. The van der Waals surface area contributed by atoms with Crippen molar-refractivity contribution >= 4 is 29.9 Å². The second-order valence-corrected chi connectivity index (χ2v) is 6.87. The molecule has 0 saturated heterocycles. The van der Waals surface area contributed by atoms with Crippen LogP contribution in [0.25, 0.3) is 0 Å². The van der Waals surface area contributed by atoms with Crippen LogP contribution in [0, 0.1) is 5.41 Å². The van der Waals surface area contributed by atoms with Crippen LogP contribution in [0.3, 0.4) is 0 Å². The number of methoxy groups -OCH3 is 2. The Morgan fingerprint density at radius 3 is 2.56 bits per heavy atom. The first-order chi connectivity index (χ1) is 12.6. The maximum Gasteiger partial charge on any atom is 0.188 e. The second-order valence-electron chi connectivity index (χ2n) is 6.87. The fourth-order valence-electron chi connectivity index (χ4n) is 3.28. The van der Waals surface area contributed by atoms with Gasteiger partial charge < -0.3 is 25.3 Å². The topological polar surface area (TPSA) is 78.1 Å². The maximum absolute atomic E-state index is 6.04. The summed E-state index contributed by atoms with van der Waals surface area (Å²) in [6.45, 7) is 5.15. The maximum atomic E-state index is 6.04. The number of nitrogens with one attached hydrogen (secondary N) is 1. The van der Waals surface area contributed by atoms with Crippen molar-refractivity contribution in [2.24, 2.45) is 16.1 Å². The van der Waals surface area contributed by atoms with Crippen molar-refractivity contribution in [2.45, 2.75) is 39.0 Å². The van der Waals surface area contributed by atoms with Crippen LogP contribution in [0.5, 0.6) is 11.5 Å². The summed E-state index contributed by atoms with van der Waals surface area (Å²) < 4.78 is 16.1. The molecular formula is C20H34IN3O3. The van der Waals surface area contributed by atoms with Crippen LogP contribution in [0.15, 0.2) is 23.2 Å². The van der Waals surface area contributed by atoms with Crippen molar-refractivity contribution < 1.29 is 14.2 Å². The molecule has 2 rings (SSSR count). The number of guanidine groups is 1. The molecule has 1 aromatic rings. The van der Waals surface area contributed by atoms with Gasteiger partial charge in [-0.1, -0.05) is 12.5 Å². The Morgan fingerprint density at radius 1 is 1.22 bits per heavy atom. The van der Waals surface area contributed by atoms with E-state index in [0.717, 1.165) is 56.2 Å². The summed E-state index contributed by atoms with van der Waals surface area (Å²) in [6.07, 6.45) is 5.65. The van der Waals surface area contributed by atoms with Gasteiger partial charge in [0.2, 0.25) is 0 Å². The highest BCUT2D eigenvalue weighted by atomic mass is 127. The lowest BCUT2D eigenvalue weighted by Crippen LogP contribution is -2.38. The van der Waals surface area contributed by atoms with Crippen LogP contribution in [-0.2, 0) is 11.2 Å². The molecule has 0 radical (unpaired) electrons. The van der Waals surface area contributed by atoms with Gasteiger partial charge in [-0.2, -0.15) is 0 Å². The zero-order chi connectivity index (χ0) is 18.8. The summed E-state index contributed by atoms with van der Waals surface area (Å²) in [7, 11) is 3.28. The molecule has 7 heteroatoms. The van der Waals surface area contributed by atoms with Crippen molar-refractivity contribution in [1.29, 1.82) is 0 Å². The molecule has 1 saturated carbocycles. The summed E-state index contributed by atoms with van der Waals surface area (Å²) in [5, 5.41) is 3.21. The number of hydrogen-bond acceptors (Lipinski definition) is 4. The normalized spacial score (nSPS) is 15.4. The average Bonchev–Trinajstić information content (AvgIpc) is 2.63. The van der Waals surface area contributed by atoms with E-state index in [-0.39, 0.29) is 24.0 Å². The molecule has 0 atom stereocenters. The molecule has 0 spiro atoms. The lowest BCUT2D eigenvalue weighted by atomic mass is 9.67. The van der Waals surface area contributed by atoms with E-state index in [1.807, 2.05) is 25.1 Å². The van der Waals surface area contributed by atoms with E-state index in [9.17, 15) is 0 Å². The SMILES string of the molecule is CCOCCC1(CN=C(N)NCCc2ccc(OC)c(OC)c2)CCC1.I. The molecule has 0 aliphatic heterocycles. The van der Waals surface area contributed by atoms with E-state index in [1.54, 1.807) is 14.2 Å². The van der Waals surface area contributed by atoms with Crippen LogP contribution in [-0.4, -0.2) is 46.5 Å². The predicted molar refractivity (Wildman–Crippen MR) is 121 cm³/mol. The number of halogens is 1. The third-order valence-corrected chi connectivity index (χ3v) is 5.15. The molecule has 1 aromatic carbocycles. The molecule has 1 fully saturated rings. The van der Waals surface area contributed by atoms with Crippen LogP contribution < -0.4 is 20.5 Å². The first-order valence-corrected chi connectivity index (χ1v) is 9.45. The fourth-order valence-corrected chi connectivity index (χ4v) is 3.28. The Bertz CT molecular complexity index is 592. The van der Waals surface area contributed by atoms with Gasteiger partial charge in [0, 0.05) is 26.3 Å². The fraction of sp³-hybridized carbons (Fsp3) is 0.650. The number of aliphatic imine (C=N–C) groups is 1. The quantitative estimate of drug-likeness (QED) is 0.215. The van der Waals surface area contributed by atoms with Crippen LogP contribution in [0.4, 0.5) is 0 Å². The van der Waals surface area contributed by atoms with Gasteiger partial charge in [0.25, 0.3) is 0 Å². The van der Waals surface area contributed by atoms with Gasteiger partial charge in [-0.15, -0.1) is 24.0 Å². The molecule has 0 heterocycles. The standard InChI is InChI=1S/C20H33N3O3.HI/c1-4-26-13-11-20(9-5-10-20)15-23-19(21)22-12-8-16-6-7-17(24-2)18(14-16)25-3;/h6-7,14H,4-5,8-13,15H2,1-3H3,(H3,21,22,23);1H. The van der Waals surface area contributed by atoms with Crippen LogP contribution in [0.1, 0.15) is 38.2 Å². The lowest BCUT2D eigenvalue weighted by Gasteiger charge is -2.40. The molecule has 27 heavy (non-hydrogen) atoms. The van der Waals surface area contributed by atoms with E-state index in [4.69, 9.17) is 19.9 Å². The molecule has 0 bridgehead atoms. The smallest absolute Gasteiger partial charge is 0.188 e. The minimum absolute atomic E-state index is 0. The van der Waals surface area contributed by atoms with E-state index in [1.165, 1.54) is 19.3 Å². The monoisotopic (exact) mass is 491 g/mol. The van der Waals surface area contributed by atoms with Crippen molar-refractivity contribution in [1.82, 2.24) is 5.32 Å². The number of nitrogens with zero attached hydrogens (tertiary/aromatic N) is 1. The summed E-state index contributed by atoms with van der Waals surface area (Å²) in [5.41, 5.74) is 7.50. The van der Waals surface area contributed by atoms with Gasteiger partial charge in [-0.05, 0) is 55.7 Å². The first kappa shape index (κ1) is 23.8. The Hall–Kier alpha value is -1.22. The third kappa shape index (κ3) is 7.37. The first-order valence-electron chi connectivity index (χ1n) is 9.45. The average molecular weight is 491 g/mol. The van der Waals surface area contributed by atoms with Gasteiger partial charge in [0.1, 0.15) is 0 Å². The van der Waals surface area contributed by atoms with Crippen LogP contribution >= 0.6 is 24.0 Å². The van der Waals surface area contributed by atoms with Gasteiger partial charge in [0.15, 0.2) is 17.5 Å². The Labute approximate surface area is 180 Å². The van der Waals surface area contributed by atoms with Crippen molar-refractivity contribution in [3.63, 3.8) is 0 Å². The Balaban J connectivity index is 0.00000364. The molecule has 6 nitrogen and oxygen atoms in total. The van der Waals surface area contributed by atoms with E-state index >= 15 is 0 Å². The number of benzene rings is 1. The number of hydrogen-bond donors (Lipinski definition) is 2. The highest BCUT2D eigenvalue weighted by molar-refractivity contribution is 14.0. The van der Waals surface area contributed by atoms with Crippen molar-refractivity contribution in [3.8, 4) is 11.5 Å². The largest absolute Gasteiger partial charge is 0.493 e. The van der Waals surface area contributed by atoms with Crippen LogP contribution in [0.2, 0.25) is 0 Å². The summed E-state index contributed by atoms with van der Waals surface area (Å²) >= 11 is 0. The van der Waals surface area contributed by atoms with E-state index in [2.05, 4.69) is 10.3 Å². The van der Waals surface area contributed by atoms with Crippen molar-refractivity contribution in [2.75, 3.05) is 40.5 Å². The van der Waals surface area contributed by atoms with Gasteiger partial charge in [0.05, 0.1) is 14.2 Å². The molecular weight excluding hydrogens is 457 g/mol. The van der Waals surface area contributed by atoms with Gasteiger partial charge in [-0.3, -0.25) is 4.99 Å². The number of rotatable bonds is 11. The summed E-state index contributed by atoms with van der Waals surface area (Å²) in [6, 6.07) is 5.95. The van der Waals surface area contributed by atoms with Gasteiger partial charge >= 0.3 is 0 Å². The predicted octanol–water partition coefficient (Wildman–Crippen LogP) is 3.37. The number of nitrogens with two attached hydrogens (primary N) is 1. The molecule has 0 amide bonds. The zero-order valence-corrected chi connectivity index (χ0v) is 19.1. The zero-order valence-electron chi connectivity index (χ0n) is 16.8. The Morgan fingerprint density at radius 2 is 1.96 bits per heavy atom. The van der Waals surface area contributed by atoms with Gasteiger partial charge in [-0.25, -0.2) is 0 Å². The minimum atomic E-state index is 0. The van der Waals surface area contributed by atoms with E-state index < -0.39 is 0 Å². The highest BCUT2D eigenvalue weighted by Gasteiger charge is 2.36. The third-order valence-electron chi connectivity index (χ3n) is 5.15. The highest BCUT2D eigenvalue weighted by Crippen LogP contribution is 2.44. The molecule has 154 valence electrons. The summed E-state index contributed by atoms with van der Waals surface area (Å²) in [5.74, 6) is 2.00. The van der Waals surface area contributed by atoms with E-state index in [0.29, 0.717) is 11.4 Å².